The molecule has 1 aromatic carbocycles. The molecular weight excluding hydrogens is 205 g/mol. The molecule has 0 aliphatic heterocycles. The van der Waals surface area contributed by atoms with Crippen LogP contribution in [0.15, 0.2) is 24.3 Å². The van der Waals surface area contributed by atoms with Gasteiger partial charge in [0.1, 0.15) is 5.82 Å². The molecule has 1 aromatic rings. The van der Waals surface area contributed by atoms with Crippen LogP contribution in [0.25, 0.3) is 0 Å². The third kappa shape index (κ3) is 3.29. The van der Waals surface area contributed by atoms with Gasteiger partial charge in [0.25, 0.3) is 0 Å². The Morgan fingerprint density at radius 1 is 1.50 bits per heavy atom. The van der Waals surface area contributed by atoms with Crippen molar-refractivity contribution in [2.45, 2.75) is 31.9 Å². The Bertz CT molecular complexity index is 338. The zero-order chi connectivity index (χ0) is 11.4. The van der Waals surface area contributed by atoms with Crippen LogP contribution in [0.3, 0.4) is 0 Å². The van der Waals surface area contributed by atoms with Gasteiger partial charge < -0.3 is 10.1 Å². The molecule has 2 rings (SSSR count). The lowest BCUT2D eigenvalue weighted by atomic mass is 10.1. The minimum absolute atomic E-state index is 0.0405. The lowest BCUT2D eigenvalue weighted by Gasteiger charge is -2.18. The van der Waals surface area contributed by atoms with Crippen LogP contribution in [-0.4, -0.2) is 19.2 Å². The number of ether oxygens (including phenoxy) is 1. The Balaban J connectivity index is 1.98. The van der Waals surface area contributed by atoms with Crippen LogP contribution in [0.2, 0.25) is 0 Å². The lowest BCUT2D eigenvalue weighted by molar-refractivity contribution is 0.0618. The molecule has 16 heavy (non-hydrogen) atoms. The SMILES string of the molecule is CCOC(CNC1CC1)c1cccc(F)c1. The van der Waals surface area contributed by atoms with Gasteiger partial charge in [0.05, 0.1) is 6.10 Å². The largest absolute Gasteiger partial charge is 0.372 e. The second kappa shape index (κ2) is 5.41. The molecule has 2 nitrogen and oxygen atoms in total. The van der Waals surface area contributed by atoms with E-state index in [1.165, 1.54) is 18.9 Å². The van der Waals surface area contributed by atoms with Crippen molar-refractivity contribution in [1.82, 2.24) is 5.32 Å². The van der Waals surface area contributed by atoms with E-state index in [0.717, 1.165) is 12.1 Å². The van der Waals surface area contributed by atoms with E-state index in [1.807, 2.05) is 13.0 Å². The quantitative estimate of drug-likeness (QED) is 0.800. The highest BCUT2D eigenvalue weighted by atomic mass is 19.1. The summed E-state index contributed by atoms with van der Waals surface area (Å²) in [6.07, 6.45) is 2.46. The monoisotopic (exact) mass is 223 g/mol. The molecule has 1 N–H and O–H groups in total. The van der Waals surface area contributed by atoms with Crippen molar-refractivity contribution in [1.29, 1.82) is 0 Å². The maximum Gasteiger partial charge on any atom is 0.123 e. The fourth-order valence-electron chi connectivity index (χ4n) is 1.74. The Hall–Kier alpha value is -0.930. The highest BCUT2D eigenvalue weighted by Gasteiger charge is 2.22. The summed E-state index contributed by atoms with van der Waals surface area (Å²) in [4.78, 5) is 0. The van der Waals surface area contributed by atoms with Gasteiger partial charge in [-0.3, -0.25) is 0 Å². The van der Waals surface area contributed by atoms with Gasteiger partial charge >= 0.3 is 0 Å². The van der Waals surface area contributed by atoms with Gasteiger partial charge in [0.15, 0.2) is 0 Å². The minimum atomic E-state index is -0.200. The normalized spacial score (nSPS) is 17.4. The van der Waals surface area contributed by atoms with Crippen LogP contribution in [0, 0.1) is 5.82 Å². The second-order valence-electron chi connectivity index (χ2n) is 4.18. The summed E-state index contributed by atoms with van der Waals surface area (Å²) in [5.74, 6) is -0.200. The Morgan fingerprint density at radius 2 is 2.31 bits per heavy atom. The van der Waals surface area contributed by atoms with Crippen LogP contribution in [0.4, 0.5) is 4.39 Å². The zero-order valence-corrected chi connectivity index (χ0v) is 9.58. The van der Waals surface area contributed by atoms with Gasteiger partial charge in [-0.1, -0.05) is 12.1 Å². The first-order chi connectivity index (χ1) is 7.79. The highest BCUT2D eigenvalue weighted by Crippen LogP contribution is 2.22. The van der Waals surface area contributed by atoms with Crippen LogP contribution in [-0.2, 0) is 4.74 Å². The van der Waals surface area contributed by atoms with Crippen molar-refractivity contribution in [3.05, 3.63) is 35.6 Å². The van der Waals surface area contributed by atoms with Gasteiger partial charge in [0, 0.05) is 19.2 Å². The molecule has 0 bridgehead atoms. The van der Waals surface area contributed by atoms with Crippen LogP contribution in [0.5, 0.6) is 0 Å². The maximum atomic E-state index is 13.1. The van der Waals surface area contributed by atoms with E-state index in [0.29, 0.717) is 12.6 Å². The first-order valence-corrected chi connectivity index (χ1v) is 5.90. The fraction of sp³-hybridized carbons (Fsp3) is 0.538. The summed E-state index contributed by atoms with van der Waals surface area (Å²) in [5, 5.41) is 3.41. The van der Waals surface area contributed by atoms with Crippen molar-refractivity contribution in [2.75, 3.05) is 13.2 Å². The second-order valence-corrected chi connectivity index (χ2v) is 4.18. The molecule has 0 spiro atoms. The average molecular weight is 223 g/mol. The van der Waals surface area contributed by atoms with Crippen molar-refractivity contribution in [2.24, 2.45) is 0 Å². The van der Waals surface area contributed by atoms with Gasteiger partial charge in [-0.15, -0.1) is 0 Å². The smallest absolute Gasteiger partial charge is 0.123 e. The summed E-state index contributed by atoms with van der Waals surface area (Å²) in [6.45, 7) is 3.37. The van der Waals surface area contributed by atoms with Gasteiger partial charge in [-0.25, -0.2) is 4.39 Å². The average Bonchev–Trinajstić information content (AvgIpc) is 3.08. The topological polar surface area (TPSA) is 21.3 Å². The summed E-state index contributed by atoms with van der Waals surface area (Å²) < 4.78 is 18.7. The molecule has 0 heterocycles. The summed E-state index contributed by atoms with van der Waals surface area (Å²) in [6, 6.07) is 7.30. The summed E-state index contributed by atoms with van der Waals surface area (Å²) >= 11 is 0. The van der Waals surface area contributed by atoms with Crippen LogP contribution in [0.1, 0.15) is 31.4 Å². The summed E-state index contributed by atoms with van der Waals surface area (Å²) in [5.41, 5.74) is 0.912. The molecule has 0 amide bonds. The first-order valence-electron chi connectivity index (χ1n) is 5.90. The molecule has 3 heteroatoms. The molecule has 1 unspecified atom stereocenters. The molecule has 88 valence electrons. The van der Waals surface area contributed by atoms with Crippen molar-refractivity contribution < 1.29 is 9.13 Å². The van der Waals surface area contributed by atoms with Crippen LogP contribution < -0.4 is 5.32 Å². The molecule has 0 radical (unpaired) electrons. The van der Waals surface area contributed by atoms with E-state index in [4.69, 9.17) is 4.74 Å². The van der Waals surface area contributed by atoms with E-state index in [2.05, 4.69) is 5.32 Å². The number of hydrogen-bond donors (Lipinski definition) is 1. The van der Waals surface area contributed by atoms with Gasteiger partial charge in [-0.05, 0) is 37.5 Å². The maximum absolute atomic E-state index is 13.1. The van der Waals surface area contributed by atoms with Crippen molar-refractivity contribution in [3.8, 4) is 0 Å². The van der Waals surface area contributed by atoms with Crippen LogP contribution >= 0.6 is 0 Å². The zero-order valence-electron chi connectivity index (χ0n) is 9.58. The minimum Gasteiger partial charge on any atom is -0.372 e. The number of hydrogen-bond acceptors (Lipinski definition) is 2. The predicted molar refractivity (Wildman–Crippen MR) is 61.8 cm³/mol. The third-order valence-electron chi connectivity index (χ3n) is 2.76. The molecule has 0 saturated heterocycles. The molecular formula is C13H18FNO. The highest BCUT2D eigenvalue weighted by molar-refractivity contribution is 5.19. The lowest BCUT2D eigenvalue weighted by Crippen LogP contribution is -2.25. The van der Waals surface area contributed by atoms with E-state index in [-0.39, 0.29) is 11.9 Å². The Kier molecular flexibility index (Phi) is 3.91. The molecule has 1 atom stereocenters. The van der Waals surface area contributed by atoms with Gasteiger partial charge in [0.2, 0.25) is 0 Å². The molecule has 1 aliphatic carbocycles. The fourth-order valence-corrected chi connectivity index (χ4v) is 1.74. The molecule has 1 aliphatic rings. The van der Waals surface area contributed by atoms with E-state index >= 15 is 0 Å². The van der Waals surface area contributed by atoms with E-state index in [1.54, 1.807) is 12.1 Å². The Morgan fingerprint density at radius 3 is 2.94 bits per heavy atom. The molecule has 1 fully saturated rings. The number of nitrogens with one attached hydrogen (secondary N) is 1. The standard InChI is InChI=1S/C13H18FNO/c1-2-16-13(9-15-12-6-7-12)10-4-3-5-11(14)8-10/h3-5,8,12-13,15H,2,6-7,9H2,1H3. The number of benzene rings is 1. The summed E-state index contributed by atoms with van der Waals surface area (Å²) in [7, 11) is 0. The third-order valence-corrected chi connectivity index (χ3v) is 2.76. The van der Waals surface area contributed by atoms with Crippen molar-refractivity contribution >= 4 is 0 Å². The predicted octanol–water partition coefficient (Wildman–Crippen LogP) is 2.66. The number of halogens is 1. The van der Waals surface area contributed by atoms with E-state index in [9.17, 15) is 4.39 Å². The number of rotatable bonds is 6. The molecule has 0 aromatic heterocycles. The first kappa shape index (κ1) is 11.6. The Labute approximate surface area is 95.8 Å². The van der Waals surface area contributed by atoms with Crippen molar-refractivity contribution in [3.63, 3.8) is 0 Å². The molecule has 1 saturated carbocycles. The van der Waals surface area contributed by atoms with E-state index < -0.39 is 0 Å². The van der Waals surface area contributed by atoms with Gasteiger partial charge in [-0.2, -0.15) is 0 Å².